The van der Waals surface area contributed by atoms with Gasteiger partial charge in [0.1, 0.15) is 0 Å². The second kappa shape index (κ2) is 4.51. The Morgan fingerprint density at radius 3 is 2.50 bits per heavy atom. The Balaban J connectivity index is 2.96. The van der Waals surface area contributed by atoms with Gasteiger partial charge in [-0.3, -0.25) is 10.1 Å². The molecule has 0 bridgehead atoms. The summed E-state index contributed by atoms with van der Waals surface area (Å²) in [4.78, 5) is 10.2. The normalized spacial score (nSPS) is 11.2. The quantitative estimate of drug-likeness (QED) is 0.626. The van der Waals surface area contributed by atoms with Crippen LogP contribution in [0.2, 0.25) is 0 Å². The molecule has 88 valence electrons. The number of nitrogens with zero attached hydrogens (tertiary/aromatic N) is 1. The van der Waals surface area contributed by atoms with Crippen LogP contribution < -0.4 is 5.32 Å². The molecule has 0 atom stereocenters. The van der Waals surface area contributed by atoms with Gasteiger partial charge in [-0.25, -0.2) is 0 Å². The first-order valence-electron chi connectivity index (χ1n) is 5.39. The van der Waals surface area contributed by atoms with Gasteiger partial charge in [0.2, 0.25) is 0 Å². The Morgan fingerprint density at radius 2 is 2.06 bits per heavy atom. The number of aryl methyl sites for hydroxylation is 1. The number of nitro groups is 1. The second-order valence-electron chi connectivity index (χ2n) is 4.62. The minimum Gasteiger partial charge on any atom is -0.380 e. The van der Waals surface area contributed by atoms with Crippen LogP contribution in [0.3, 0.4) is 0 Å². The lowest BCUT2D eigenvalue weighted by atomic mass is 10.0. The molecule has 0 saturated heterocycles. The molecule has 0 aromatic heterocycles. The molecule has 0 fully saturated rings. The van der Waals surface area contributed by atoms with Gasteiger partial charge in [-0.05, 0) is 38.8 Å². The zero-order chi connectivity index (χ0) is 12.3. The fraction of sp³-hybridized carbons (Fsp3) is 0.500. The number of rotatable bonds is 4. The molecular weight excluding hydrogens is 204 g/mol. The summed E-state index contributed by atoms with van der Waals surface area (Å²) in [5, 5.41) is 14.0. The highest BCUT2D eigenvalue weighted by atomic mass is 16.6. The summed E-state index contributed by atoms with van der Waals surface area (Å²) in [6.07, 6.45) is 0.990. The van der Waals surface area contributed by atoms with Crippen molar-refractivity contribution in [1.82, 2.24) is 0 Å². The van der Waals surface area contributed by atoms with Gasteiger partial charge in [-0.15, -0.1) is 0 Å². The largest absolute Gasteiger partial charge is 0.380 e. The van der Waals surface area contributed by atoms with E-state index >= 15 is 0 Å². The summed E-state index contributed by atoms with van der Waals surface area (Å²) >= 11 is 0. The lowest BCUT2D eigenvalue weighted by Crippen LogP contribution is -2.29. The molecule has 0 spiro atoms. The van der Waals surface area contributed by atoms with Crippen molar-refractivity contribution in [3.05, 3.63) is 33.9 Å². The Morgan fingerprint density at radius 1 is 1.44 bits per heavy atom. The van der Waals surface area contributed by atoms with Gasteiger partial charge in [0.25, 0.3) is 5.69 Å². The van der Waals surface area contributed by atoms with Gasteiger partial charge >= 0.3 is 0 Å². The Kier molecular flexibility index (Phi) is 3.52. The van der Waals surface area contributed by atoms with E-state index in [1.54, 1.807) is 12.1 Å². The van der Waals surface area contributed by atoms with Crippen LogP contribution in [0.15, 0.2) is 18.2 Å². The van der Waals surface area contributed by atoms with Gasteiger partial charge in [-0.1, -0.05) is 6.92 Å². The van der Waals surface area contributed by atoms with E-state index in [2.05, 4.69) is 26.1 Å². The van der Waals surface area contributed by atoms with Crippen LogP contribution in [0, 0.1) is 17.0 Å². The smallest absolute Gasteiger partial charge is 0.269 e. The van der Waals surface area contributed by atoms with E-state index in [1.165, 1.54) is 6.07 Å². The predicted octanol–water partition coefficient (Wildman–Crippen LogP) is 3.50. The molecule has 0 aliphatic carbocycles. The molecule has 1 aromatic carbocycles. The molecule has 4 nitrogen and oxygen atoms in total. The molecule has 0 aliphatic rings. The van der Waals surface area contributed by atoms with Crippen molar-refractivity contribution in [2.75, 3.05) is 5.32 Å². The van der Waals surface area contributed by atoms with E-state index in [9.17, 15) is 10.1 Å². The SMILES string of the molecule is CCC(C)(C)Nc1ccc([N+](=O)[O-])cc1C. The van der Waals surface area contributed by atoms with Crippen molar-refractivity contribution >= 4 is 11.4 Å². The number of nitro benzene ring substituents is 1. The fourth-order valence-electron chi connectivity index (χ4n) is 1.35. The maximum absolute atomic E-state index is 10.6. The van der Waals surface area contributed by atoms with Crippen molar-refractivity contribution in [1.29, 1.82) is 0 Å². The molecule has 0 radical (unpaired) electrons. The summed E-state index contributed by atoms with van der Waals surface area (Å²) in [5.41, 5.74) is 1.99. The Bertz CT molecular complexity index is 400. The van der Waals surface area contributed by atoms with E-state index < -0.39 is 0 Å². The van der Waals surface area contributed by atoms with Crippen LogP contribution in [-0.2, 0) is 0 Å². The third-order valence-corrected chi connectivity index (χ3v) is 2.78. The molecule has 1 aromatic rings. The molecule has 0 amide bonds. The summed E-state index contributed by atoms with van der Waals surface area (Å²) < 4.78 is 0. The van der Waals surface area contributed by atoms with Crippen molar-refractivity contribution in [3.63, 3.8) is 0 Å². The molecule has 0 unspecified atom stereocenters. The number of hydrogen-bond acceptors (Lipinski definition) is 3. The van der Waals surface area contributed by atoms with Gasteiger partial charge in [0, 0.05) is 23.4 Å². The van der Waals surface area contributed by atoms with Crippen molar-refractivity contribution in [2.45, 2.75) is 39.7 Å². The topological polar surface area (TPSA) is 55.2 Å². The number of nitrogens with one attached hydrogen (secondary N) is 1. The van der Waals surface area contributed by atoms with Crippen LogP contribution in [0.25, 0.3) is 0 Å². The zero-order valence-corrected chi connectivity index (χ0v) is 10.2. The predicted molar refractivity (Wildman–Crippen MR) is 65.8 cm³/mol. The van der Waals surface area contributed by atoms with Crippen LogP contribution in [-0.4, -0.2) is 10.5 Å². The highest BCUT2D eigenvalue weighted by molar-refractivity contribution is 5.56. The third kappa shape index (κ3) is 2.95. The Hall–Kier alpha value is -1.58. The van der Waals surface area contributed by atoms with Crippen LogP contribution in [0.4, 0.5) is 11.4 Å². The fourth-order valence-corrected chi connectivity index (χ4v) is 1.35. The third-order valence-electron chi connectivity index (χ3n) is 2.78. The molecule has 16 heavy (non-hydrogen) atoms. The summed E-state index contributed by atoms with van der Waals surface area (Å²) in [6, 6.07) is 4.89. The van der Waals surface area contributed by atoms with Gasteiger partial charge in [0.05, 0.1) is 4.92 Å². The van der Waals surface area contributed by atoms with E-state index in [1.807, 2.05) is 6.92 Å². The minimum absolute atomic E-state index is 0.000886. The van der Waals surface area contributed by atoms with E-state index in [4.69, 9.17) is 0 Å². The molecular formula is C12H18N2O2. The average molecular weight is 222 g/mol. The average Bonchev–Trinajstić information content (AvgIpc) is 2.20. The number of non-ortho nitro benzene ring substituents is 1. The van der Waals surface area contributed by atoms with Crippen LogP contribution >= 0.6 is 0 Å². The lowest BCUT2D eigenvalue weighted by Gasteiger charge is -2.26. The second-order valence-corrected chi connectivity index (χ2v) is 4.62. The van der Waals surface area contributed by atoms with Crippen molar-refractivity contribution in [3.8, 4) is 0 Å². The van der Waals surface area contributed by atoms with Gasteiger partial charge < -0.3 is 5.32 Å². The highest BCUT2D eigenvalue weighted by Crippen LogP contribution is 2.25. The first-order chi connectivity index (χ1) is 7.35. The minimum atomic E-state index is -0.373. The molecule has 1 N–H and O–H groups in total. The zero-order valence-electron chi connectivity index (χ0n) is 10.2. The molecule has 0 aliphatic heterocycles. The number of anilines is 1. The first-order valence-corrected chi connectivity index (χ1v) is 5.39. The van der Waals surface area contributed by atoms with E-state index in [0.29, 0.717) is 0 Å². The molecule has 0 saturated carbocycles. The maximum atomic E-state index is 10.6. The highest BCUT2D eigenvalue weighted by Gasteiger charge is 2.16. The van der Waals surface area contributed by atoms with E-state index in [0.717, 1.165) is 17.7 Å². The van der Waals surface area contributed by atoms with Crippen molar-refractivity contribution < 1.29 is 4.92 Å². The number of hydrogen-bond donors (Lipinski definition) is 1. The molecule has 4 heteroatoms. The van der Waals surface area contributed by atoms with E-state index in [-0.39, 0.29) is 16.1 Å². The van der Waals surface area contributed by atoms with Crippen LogP contribution in [0.5, 0.6) is 0 Å². The molecule has 0 heterocycles. The Labute approximate surface area is 95.8 Å². The van der Waals surface area contributed by atoms with Crippen molar-refractivity contribution in [2.24, 2.45) is 0 Å². The lowest BCUT2D eigenvalue weighted by molar-refractivity contribution is -0.384. The monoisotopic (exact) mass is 222 g/mol. The summed E-state index contributed by atoms with van der Waals surface area (Å²) in [5.74, 6) is 0. The van der Waals surface area contributed by atoms with Gasteiger partial charge in [0.15, 0.2) is 0 Å². The standard InChI is InChI=1S/C12H18N2O2/c1-5-12(3,4)13-11-7-6-10(14(15)16)8-9(11)2/h6-8,13H,5H2,1-4H3. The van der Waals surface area contributed by atoms with Crippen LogP contribution in [0.1, 0.15) is 32.8 Å². The summed E-state index contributed by atoms with van der Waals surface area (Å²) in [7, 11) is 0. The molecule has 1 rings (SSSR count). The maximum Gasteiger partial charge on any atom is 0.269 e. The summed E-state index contributed by atoms with van der Waals surface area (Å²) in [6.45, 7) is 8.19. The van der Waals surface area contributed by atoms with Gasteiger partial charge in [-0.2, -0.15) is 0 Å². The first kappa shape index (κ1) is 12.5. The number of benzene rings is 1.